The molecular formula is C20H26O2. The minimum Gasteiger partial charge on any atom is -0.504 e. The highest BCUT2D eigenvalue weighted by Gasteiger charge is 2.53. The van der Waals surface area contributed by atoms with Crippen LogP contribution in [0.5, 0.6) is 11.5 Å². The number of hydrogen-bond donors (Lipinski definition) is 1. The molecule has 0 spiro atoms. The topological polar surface area (TPSA) is 29.5 Å². The molecule has 1 heterocycles. The number of benzene rings is 1. The molecule has 5 aliphatic rings. The zero-order chi connectivity index (χ0) is 15.1. The third-order valence-corrected chi connectivity index (χ3v) is 6.82. The fourth-order valence-corrected chi connectivity index (χ4v) is 6.51. The first kappa shape index (κ1) is 13.3. The van der Waals surface area contributed by atoms with Gasteiger partial charge in [0.15, 0.2) is 11.5 Å². The second-order valence-corrected chi connectivity index (χ2v) is 9.19. The highest BCUT2D eigenvalue weighted by Crippen LogP contribution is 2.63. The molecule has 1 aliphatic heterocycles. The van der Waals surface area contributed by atoms with Crippen LogP contribution >= 0.6 is 0 Å². The summed E-state index contributed by atoms with van der Waals surface area (Å²) in [5, 5.41) is 11.0. The SMILES string of the molecule is CC1(C)Cc2ccc(C34CC5CC(CC(C5)C3)C4)c(O)c2O1. The minimum absolute atomic E-state index is 0.181. The standard InChI is InChI=1S/C20H26O2/c1-19(2)11-15-3-4-16(17(21)18(15)22-19)20-8-12-5-13(9-20)7-14(6-12)10-20/h3-4,12-14,21H,5-11H2,1-2H3. The Morgan fingerprint density at radius 3 is 2.18 bits per heavy atom. The Morgan fingerprint density at radius 1 is 1.00 bits per heavy atom. The minimum atomic E-state index is -0.181. The van der Waals surface area contributed by atoms with E-state index in [1.165, 1.54) is 49.7 Å². The summed E-state index contributed by atoms with van der Waals surface area (Å²) in [6.07, 6.45) is 9.08. The van der Waals surface area contributed by atoms with E-state index in [2.05, 4.69) is 26.0 Å². The van der Waals surface area contributed by atoms with Crippen LogP contribution in [-0.4, -0.2) is 10.7 Å². The quantitative estimate of drug-likeness (QED) is 0.822. The molecule has 1 N–H and O–H groups in total. The van der Waals surface area contributed by atoms with E-state index < -0.39 is 0 Å². The Hall–Kier alpha value is -1.18. The number of phenols is 1. The predicted molar refractivity (Wildman–Crippen MR) is 86.4 cm³/mol. The molecule has 1 aromatic carbocycles. The molecule has 22 heavy (non-hydrogen) atoms. The van der Waals surface area contributed by atoms with Crippen molar-refractivity contribution in [2.24, 2.45) is 17.8 Å². The fourth-order valence-electron chi connectivity index (χ4n) is 6.51. The van der Waals surface area contributed by atoms with E-state index in [0.29, 0.717) is 5.75 Å². The van der Waals surface area contributed by atoms with E-state index in [0.717, 1.165) is 29.9 Å². The summed E-state index contributed by atoms with van der Waals surface area (Å²) in [6, 6.07) is 4.45. The lowest BCUT2D eigenvalue weighted by molar-refractivity contribution is -0.00638. The van der Waals surface area contributed by atoms with E-state index in [-0.39, 0.29) is 11.0 Å². The zero-order valence-corrected chi connectivity index (χ0v) is 13.7. The summed E-state index contributed by atoms with van der Waals surface area (Å²) in [7, 11) is 0. The summed E-state index contributed by atoms with van der Waals surface area (Å²) in [5.74, 6) is 3.94. The number of phenolic OH excluding ortho intramolecular Hbond substituents is 1. The third kappa shape index (κ3) is 1.73. The highest BCUT2D eigenvalue weighted by atomic mass is 16.5. The van der Waals surface area contributed by atoms with Gasteiger partial charge in [-0.05, 0) is 75.5 Å². The monoisotopic (exact) mass is 298 g/mol. The van der Waals surface area contributed by atoms with Crippen molar-refractivity contribution in [3.63, 3.8) is 0 Å². The summed E-state index contributed by atoms with van der Waals surface area (Å²) in [5.41, 5.74) is 2.43. The van der Waals surface area contributed by atoms with E-state index in [1.54, 1.807) is 0 Å². The Bertz CT molecular complexity index is 608. The molecule has 6 rings (SSSR count). The molecular weight excluding hydrogens is 272 g/mol. The molecule has 0 radical (unpaired) electrons. The largest absolute Gasteiger partial charge is 0.504 e. The Balaban J connectivity index is 1.60. The van der Waals surface area contributed by atoms with Gasteiger partial charge >= 0.3 is 0 Å². The lowest BCUT2D eigenvalue weighted by atomic mass is 9.48. The third-order valence-electron chi connectivity index (χ3n) is 6.82. The summed E-state index contributed by atoms with van der Waals surface area (Å²) >= 11 is 0. The molecule has 4 bridgehead atoms. The van der Waals surface area contributed by atoms with Crippen LogP contribution in [0.3, 0.4) is 0 Å². The zero-order valence-electron chi connectivity index (χ0n) is 13.7. The van der Waals surface area contributed by atoms with Gasteiger partial charge in [-0.3, -0.25) is 0 Å². The second kappa shape index (κ2) is 4.01. The molecule has 4 aliphatic carbocycles. The van der Waals surface area contributed by atoms with Crippen molar-refractivity contribution in [1.29, 1.82) is 0 Å². The number of fused-ring (bicyclic) bond motifs is 1. The van der Waals surface area contributed by atoms with E-state index in [4.69, 9.17) is 4.74 Å². The second-order valence-electron chi connectivity index (χ2n) is 9.19. The molecule has 1 aromatic rings. The lowest BCUT2D eigenvalue weighted by Crippen LogP contribution is -2.48. The van der Waals surface area contributed by atoms with E-state index in [1.807, 2.05) is 0 Å². The van der Waals surface area contributed by atoms with Gasteiger partial charge in [-0.1, -0.05) is 12.1 Å². The first-order valence-corrected chi connectivity index (χ1v) is 8.98. The number of hydrogen-bond acceptors (Lipinski definition) is 2. The predicted octanol–water partition coefficient (Wildman–Crippen LogP) is 4.57. The molecule has 0 amide bonds. The van der Waals surface area contributed by atoms with Crippen molar-refractivity contribution in [2.45, 2.75) is 69.8 Å². The van der Waals surface area contributed by atoms with Crippen molar-refractivity contribution in [1.82, 2.24) is 0 Å². The maximum Gasteiger partial charge on any atom is 0.165 e. The van der Waals surface area contributed by atoms with Gasteiger partial charge in [0.1, 0.15) is 5.60 Å². The van der Waals surface area contributed by atoms with Crippen LogP contribution in [0.4, 0.5) is 0 Å². The average Bonchev–Trinajstić information content (AvgIpc) is 2.72. The Morgan fingerprint density at radius 2 is 1.59 bits per heavy atom. The van der Waals surface area contributed by atoms with Gasteiger partial charge < -0.3 is 9.84 Å². The summed E-state index contributed by atoms with van der Waals surface area (Å²) < 4.78 is 6.08. The fraction of sp³-hybridized carbons (Fsp3) is 0.700. The summed E-state index contributed by atoms with van der Waals surface area (Å²) in [6.45, 7) is 4.22. The maximum atomic E-state index is 11.0. The number of rotatable bonds is 1. The van der Waals surface area contributed by atoms with Gasteiger partial charge in [0.05, 0.1) is 0 Å². The first-order chi connectivity index (χ1) is 10.4. The molecule has 0 aromatic heterocycles. The van der Waals surface area contributed by atoms with Crippen LogP contribution in [0.1, 0.15) is 63.5 Å². The molecule has 118 valence electrons. The first-order valence-electron chi connectivity index (χ1n) is 8.98. The number of ether oxygens (including phenoxy) is 1. The van der Waals surface area contributed by atoms with Crippen LogP contribution in [0.2, 0.25) is 0 Å². The average molecular weight is 298 g/mol. The molecule has 0 saturated heterocycles. The van der Waals surface area contributed by atoms with Gasteiger partial charge in [-0.2, -0.15) is 0 Å². The van der Waals surface area contributed by atoms with Crippen LogP contribution in [0.15, 0.2) is 12.1 Å². The van der Waals surface area contributed by atoms with E-state index >= 15 is 0 Å². The lowest BCUT2D eigenvalue weighted by Gasteiger charge is -2.57. The van der Waals surface area contributed by atoms with Crippen molar-refractivity contribution in [3.8, 4) is 11.5 Å². The van der Waals surface area contributed by atoms with Crippen molar-refractivity contribution < 1.29 is 9.84 Å². The van der Waals surface area contributed by atoms with Gasteiger partial charge in [0.25, 0.3) is 0 Å². The Labute approximate surface area is 132 Å². The van der Waals surface area contributed by atoms with E-state index in [9.17, 15) is 5.11 Å². The van der Waals surface area contributed by atoms with Gasteiger partial charge in [0, 0.05) is 17.5 Å². The van der Waals surface area contributed by atoms with Gasteiger partial charge in [-0.15, -0.1) is 0 Å². The van der Waals surface area contributed by atoms with Crippen LogP contribution in [0.25, 0.3) is 0 Å². The molecule has 2 heteroatoms. The molecule has 2 nitrogen and oxygen atoms in total. The molecule has 0 atom stereocenters. The van der Waals surface area contributed by atoms with Crippen LogP contribution < -0.4 is 4.74 Å². The van der Waals surface area contributed by atoms with Crippen molar-refractivity contribution in [3.05, 3.63) is 23.3 Å². The van der Waals surface area contributed by atoms with Gasteiger partial charge in [-0.25, -0.2) is 0 Å². The molecule has 4 saturated carbocycles. The maximum absolute atomic E-state index is 11.0. The van der Waals surface area contributed by atoms with Crippen molar-refractivity contribution >= 4 is 0 Å². The summed E-state index contributed by atoms with van der Waals surface area (Å²) in [4.78, 5) is 0. The normalized spacial score (nSPS) is 40.5. The van der Waals surface area contributed by atoms with Crippen LogP contribution in [0, 0.1) is 17.8 Å². The molecule has 4 fully saturated rings. The highest BCUT2D eigenvalue weighted by molar-refractivity contribution is 5.56. The van der Waals surface area contributed by atoms with Gasteiger partial charge in [0.2, 0.25) is 0 Å². The molecule has 0 unspecified atom stereocenters. The van der Waals surface area contributed by atoms with Crippen molar-refractivity contribution in [2.75, 3.05) is 0 Å². The number of aromatic hydroxyl groups is 1. The smallest absolute Gasteiger partial charge is 0.165 e. The Kier molecular flexibility index (Phi) is 2.42. The van der Waals surface area contributed by atoms with Crippen LogP contribution in [-0.2, 0) is 11.8 Å².